The molecule has 0 fully saturated rings. The minimum absolute atomic E-state index is 0.0189. The number of nitrogens with one attached hydrogen (secondary N) is 2. The highest BCUT2D eigenvalue weighted by molar-refractivity contribution is 5.95. The molecule has 0 unspecified atom stereocenters. The van der Waals surface area contributed by atoms with E-state index in [0.717, 1.165) is 16.5 Å². The molecule has 0 bridgehead atoms. The number of nitrogens with zero attached hydrogens (tertiary/aromatic N) is 1. The van der Waals surface area contributed by atoms with E-state index in [0.29, 0.717) is 56.6 Å². The summed E-state index contributed by atoms with van der Waals surface area (Å²) in [6, 6.07) is 14.8. The van der Waals surface area contributed by atoms with Gasteiger partial charge in [0.25, 0.3) is 5.91 Å². The summed E-state index contributed by atoms with van der Waals surface area (Å²) in [7, 11) is 0. The SMILES string of the molecule is CCO[C@@H]1OC(C(=O)NCCCCC(=O)Nc2ccccc2N)=C[C@H](c2cn(C(C)=O)c3ccccc23)[C@@H]1CCCO. The first kappa shape index (κ1) is 30.8. The second-order valence-electron chi connectivity index (χ2n) is 10.4. The minimum atomic E-state index is -0.703. The zero-order valence-electron chi connectivity index (χ0n) is 24.2. The molecule has 2 aromatic carbocycles. The van der Waals surface area contributed by atoms with Gasteiger partial charge in [-0.15, -0.1) is 0 Å². The second kappa shape index (κ2) is 14.7. The number of carbonyl (C=O) groups excluding carboxylic acids is 3. The molecule has 2 amide bonds. The summed E-state index contributed by atoms with van der Waals surface area (Å²) in [5.41, 5.74) is 8.66. The average molecular weight is 577 g/mol. The Balaban J connectivity index is 1.47. The minimum Gasteiger partial charge on any atom is -0.459 e. The largest absolute Gasteiger partial charge is 0.459 e. The summed E-state index contributed by atoms with van der Waals surface area (Å²) in [5.74, 6) is -0.948. The molecule has 0 radical (unpaired) electrons. The first-order valence-electron chi connectivity index (χ1n) is 14.5. The van der Waals surface area contributed by atoms with E-state index >= 15 is 0 Å². The van der Waals surface area contributed by atoms with Crippen LogP contribution in [0, 0.1) is 5.92 Å². The molecule has 3 aromatic rings. The molecule has 1 aliphatic heterocycles. The monoisotopic (exact) mass is 576 g/mol. The van der Waals surface area contributed by atoms with Crippen molar-refractivity contribution in [3.8, 4) is 0 Å². The van der Waals surface area contributed by atoms with E-state index in [2.05, 4.69) is 10.6 Å². The number of nitrogens with two attached hydrogens (primary N) is 1. The van der Waals surface area contributed by atoms with Gasteiger partial charge < -0.3 is 30.9 Å². The Kier molecular flexibility index (Phi) is 10.7. The molecule has 5 N–H and O–H groups in total. The average Bonchev–Trinajstić information content (AvgIpc) is 3.37. The van der Waals surface area contributed by atoms with Crippen LogP contribution in [0.1, 0.15) is 62.2 Å². The molecule has 2 heterocycles. The number of ether oxygens (including phenoxy) is 2. The fraction of sp³-hybridized carbons (Fsp3) is 0.406. The molecule has 224 valence electrons. The summed E-state index contributed by atoms with van der Waals surface area (Å²) in [6.07, 6.45) is 5.55. The Morgan fingerprint density at radius 2 is 1.83 bits per heavy atom. The lowest BCUT2D eigenvalue weighted by molar-refractivity contribution is -0.166. The fourth-order valence-electron chi connectivity index (χ4n) is 5.38. The number of nitrogen functional groups attached to an aromatic ring is 1. The molecule has 10 nitrogen and oxygen atoms in total. The van der Waals surface area contributed by atoms with Gasteiger partial charge >= 0.3 is 0 Å². The molecule has 3 atom stereocenters. The lowest BCUT2D eigenvalue weighted by Crippen LogP contribution is -2.39. The molecule has 0 aliphatic carbocycles. The maximum atomic E-state index is 13.2. The van der Waals surface area contributed by atoms with Gasteiger partial charge in [0.2, 0.25) is 18.1 Å². The molecule has 10 heteroatoms. The number of fused-ring (bicyclic) bond motifs is 1. The normalized spacial score (nSPS) is 18.3. The third-order valence-corrected chi connectivity index (χ3v) is 7.43. The van der Waals surface area contributed by atoms with Crippen LogP contribution >= 0.6 is 0 Å². The van der Waals surface area contributed by atoms with Crippen LogP contribution in [0.25, 0.3) is 10.9 Å². The van der Waals surface area contributed by atoms with Gasteiger partial charge in [-0.3, -0.25) is 19.0 Å². The maximum Gasteiger partial charge on any atom is 0.286 e. The number of hydrogen-bond acceptors (Lipinski definition) is 7. The number of aliphatic hydroxyl groups excluding tert-OH is 1. The predicted octanol–water partition coefficient (Wildman–Crippen LogP) is 4.56. The molecule has 0 saturated carbocycles. The maximum absolute atomic E-state index is 13.2. The third kappa shape index (κ3) is 7.37. The molecule has 0 spiro atoms. The van der Waals surface area contributed by atoms with Gasteiger partial charge in [-0.2, -0.15) is 0 Å². The van der Waals surface area contributed by atoms with Crippen molar-refractivity contribution in [3.63, 3.8) is 0 Å². The number of carbonyl (C=O) groups is 3. The summed E-state index contributed by atoms with van der Waals surface area (Å²) >= 11 is 0. The van der Waals surface area contributed by atoms with Gasteiger partial charge in [0.1, 0.15) is 0 Å². The zero-order valence-corrected chi connectivity index (χ0v) is 24.2. The molecule has 4 rings (SSSR count). The molecular formula is C32H40N4O6. The number of para-hydroxylation sites is 3. The van der Waals surface area contributed by atoms with Gasteiger partial charge in [-0.1, -0.05) is 30.3 Å². The number of amides is 2. The van der Waals surface area contributed by atoms with E-state index < -0.39 is 6.29 Å². The smallest absolute Gasteiger partial charge is 0.286 e. The summed E-state index contributed by atoms with van der Waals surface area (Å²) in [5, 5.41) is 16.2. The topological polar surface area (TPSA) is 145 Å². The number of unbranched alkanes of at least 4 members (excludes halogenated alkanes) is 1. The van der Waals surface area contributed by atoms with Crippen LogP contribution in [0.2, 0.25) is 0 Å². The number of aromatic nitrogens is 1. The highest BCUT2D eigenvalue weighted by Gasteiger charge is 2.39. The summed E-state index contributed by atoms with van der Waals surface area (Å²) in [4.78, 5) is 38.0. The van der Waals surface area contributed by atoms with Crippen molar-refractivity contribution in [2.45, 2.75) is 58.2 Å². The predicted molar refractivity (Wildman–Crippen MR) is 162 cm³/mol. The van der Waals surface area contributed by atoms with Gasteiger partial charge in [0.15, 0.2) is 5.76 Å². The first-order chi connectivity index (χ1) is 20.3. The standard InChI is InChI=1S/C32H40N4O6/c1-3-41-32-23(12-10-18-37)24(25-20-36(21(2)38)28-15-7-4-11-22(25)28)19-29(42-32)31(40)34-17-9-8-16-30(39)35-27-14-6-5-13-26(27)33/h4-7,11,13-15,19-20,23-24,32,37H,3,8-10,12,16-18,33H2,1-2H3,(H,34,40)(H,35,39)/t23-,24-,32+/m0/s1. The Morgan fingerprint density at radius 1 is 1.07 bits per heavy atom. The van der Waals surface area contributed by atoms with Gasteiger partial charge in [0, 0.05) is 56.5 Å². The van der Waals surface area contributed by atoms with Crippen LogP contribution in [0.15, 0.2) is 66.6 Å². The van der Waals surface area contributed by atoms with Crippen molar-refractivity contribution >= 4 is 40.0 Å². The Bertz CT molecular complexity index is 1430. The number of rotatable bonds is 13. The molecule has 1 aromatic heterocycles. The molecule has 0 saturated heterocycles. The van der Waals surface area contributed by atoms with E-state index in [1.165, 1.54) is 6.92 Å². The number of anilines is 2. The molecule has 1 aliphatic rings. The Labute approximate surface area is 245 Å². The van der Waals surface area contributed by atoms with E-state index in [1.54, 1.807) is 34.9 Å². The lowest BCUT2D eigenvalue weighted by Gasteiger charge is -2.36. The summed E-state index contributed by atoms with van der Waals surface area (Å²) < 4.78 is 13.7. The lowest BCUT2D eigenvalue weighted by atomic mass is 9.80. The van der Waals surface area contributed by atoms with Crippen LogP contribution < -0.4 is 16.4 Å². The van der Waals surface area contributed by atoms with Crippen LogP contribution in [-0.4, -0.2) is 53.4 Å². The van der Waals surface area contributed by atoms with Crippen molar-refractivity contribution in [1.29, 1.82) is 0 Å². The van der Waals surface area contributed by atoms with E-state index in [9.17, 15) is 19.5 Å². The van der Waals surface area contributed by atoms with Gasteiger partial charge in [-0.25, -0.2) is 0 Å². The number of aliphatic hydroxyl groups is 1. The van der Waals surface area contributed by atoms with Crippen LogP contribution in [0.3, 0.4) is 0 Å². The summed E-state index contributed by atoms with van der Waals surface area (Å²) in [6.45, 7) is 4.14. The molecule has 42 heavy (non-hydrogen) atoms. The first-order valence-corrected chi connectivity index (χ1v) is 14.5. The molecular weight excluding hydrogens is 536 g/mol. The van der Waals surface area contributed by atoms with Gasteiger partial charge in [-0.05, 0) is 62.4 Å². The quantitative estimate of drug-likeness (QED) is 0.172. The van der Waals surface area contributed by atoms with E-state index in [-0.39, 0.29) is 41.9 Å². The second-order valence-corrected chi connectivity index (χ2v) is 10.4. The highest BCUT2D eigenvalue weighted by Crippen LogP contribution is 2.42. The number of benzene rings is 2. The van der Waals surface area contributed by atoms with Crippen molar-refractivity contribution in [3.05, 3.63) is 72.1 Å². The van der Waals surface area contributed by atoms with E-state index in [4.69, 9.17) is 15.2 Å². The zero-order chi connectivity index (χ0) is 30.1. The number of hydrogen-bond donors (Lipinski definition) is 4. The van der Waals surface area contributed by atoms with Crippen molar-refractivity contribution in [1.82, 2.24) is 9.88 Å². The van der Waals surface area contributed by atoms with Crippen molar-refractivity contribution in [2.24, 2.45) is 5.92 Å². The van der Waals surface area contributed by atoms with Gasteiger partial charge in [0.05, 0.1) is 16.9 Å². The van der Waals surface area contributed by atoms with Crippen LogP contribution in [0.5, 0.6) is 0 Å². The van der Waals surface area contributed by atoms with Crippen LogP contribution in [-0.2, 0) is 19.1 Å². The van der Waals surface area contributed by atoms with Crippen molar-refractivity contribution in [2.75, 3.05) is 30.8 Å². The van der Waals surface area contributed by atoms with Crippen molar-refractivity contribution < 1.29 is 29.0 Å². The fourth-order valence-corrected chi connectivity index (χ4v) is 5.38. The van der Waals surface area contributed by atoms with Crippen LogP contribution in [0.4, 0.5) is 11.4 Å². The van der Waals surface area contributed by atoms with E-state index in [1.807, 2.05) is 37.4 Å². The highest BCUT2D eigenvalue weighted by atomic mass is 16.7. The Morgan fingerprint density at radius 3 is 2.57 bits per heavy atom. The third-order valence-electron chi connectivity index (χ3n) is 7.43. The Hall–Kier alpha value is -4.15. The number of allylic oxidation sites excluding steroid dienone is 1.